The van der Waals surface area contributed by atoms with Gasteiger partial charge in [-0.2, -0.15) is 4.31 Å². The molecule has 0 saturated carbocycles. The van der Waals surface area contributed by atoms with Crippen molar-refractivity contribution in [2.45, 2.75) is 25.3 Å². The predicted molar refractivity (Wildman–Crippen MR) is 94.0 cm³/mol. The van der Waals surface area contributed by atoms with Crippen molar-refractivity contribution in [1.29, 1.82) is 0 Å². The molecule has 0 aliphatic heterocycles. The second kappa shape index (κ2) is 7.59. The van der Waals surface area contributed by atoms with Crippen molar-refractivity contribution in [1.82, 2.24) is 9.62 Å². The van der Waals surface area contributed by atoms with E-state index < -0.39 is 10.0 Å². The van der Waals surface area contributed by atoms with Gasteiger partial charge in [0.05, 0.1) is 11.4 Å². The molecule has 0 heterocycles. The number of nitrogens with zero attached hydrogens (tertiary/aromatic N) is 1. The van der Waals surface area contributed by atoms with Crippen molar-refractivity contribution in [2.75, 3.05) is 13.6 Å². The van der Waals surface area contributed by atoms with Gasteiger partial charge in [0, 0.05) is 13.6 Å². The summed E-state index contributed by atoms with van der Waals surface area (Å²) in [5.41, 5.74) is 2.35. The molecule has 128 valence electrons. The summed E-state index contributed by atoms with van der Waals surface area (Å²) in [5.74, 6) is -0.347. The Kier molecular flexibility index (Phi) is 5.75. The van der Waals surface area contributed by atoms with E-state index in [1.807, 2.05) is 43.3 Å². The normalized spacial score (nSPS) is 11.5. The zero-order valence-corrected chi connectivity index (χ0v) is 14.9. The van der Waals surface area contributed by atoms with E-state index in [1.165, 1.54) is 11.4 Å². The highest BCUT2D eigenvalue weighted by Crippen LogP contribution is 2.22. The summed E-state index contributed by atoms with van der Waals surface area (Å²) in [7, 11) is -2.29. The largest absolute Gasteiger partial charge is 0.358 e. The Hall–Kier alpha value is -2.18. The van der Waals surface area contributed by atoms with Crippen LogP contribution in [0.3, 0.4) is 0 Å². The highest BCUT2D eigenvalue weighted by molar-refractivity contribution is 7.89. The number of hydrogen-bond donors (Lipinski definition) is 1. The lowest BCUT2D eigenvalue weighted by molar-refractivity contribution is -0.120. The molecule has 0 spiro atoms. The molecular formula is C18H22N2O3S. The molecule has 0 atom stereocenters. The molecule has 0 aromatic heterocycles. The summed E-state index contributed by atoms with van der Waals surface area (Å²) < 4.78 is 27.4. The Morgan fingerprint density at radius 1 is 1.08 bits per heavy atom. The van der Waals surface area contributed by atoms with Crippen LogP contribution >= 0.6 is 0 Å². The molecule has 0 saturated heterocycles. The van der Waals surface area contributed by atoms with E-state index in [2.05, 4.69) is 5.32 Å². The van der Waals surface area contributed by atoms with Crippen molar-refractivity contribution >= 4 is 15.9 Å². The zero-order chi connectivity index (χ0) is 17.7. The molecule has 1 amide bonds. The highest BCUT2D eigenvalue weighted by Gasteiger charge is 2.28. The summed E-state index contributed by atoms with van der Waals surface area (Å²) in [4.78, 5) is 12.1. The number of hydrogen-bond acceptors (Lipinski definition) is 3. The SMILES string of the molecule is CNC(=O)CN(Cc1ccccc1)S(=O)(=O)c1cc(C)ccc1C. The first-order chi connectivity index (χ1) is 11.3. The summed E-state index contributed by atoms with van der Waals surface area (Å²) >= 11 is 0. The third-order valence-electron chi connectivity index (χ3n) is 3.76. The first-order valence-corrected chi connectivity index (χ1v) is 9.10. The minimum absolute atomic E-state index is 0.143. The van der Waals surface area contributed by atoms with Gasteiger partial charge in [-0.1, -0.05) is 42.5 Å². The van der Waals surface area contributed by atoms with Gasteiger partial charge in [0.15, 0.2) is 0 Å². The van der Waals surface area contributed by atoms with Crippen LogP contribution < -0.4 is 5.32 Å². The van der Waals surface area contributed by atoms with Crippen LogP contribution in [0.2, 0.25) is 0 Å². The Balaban J connectivity index is 2.44. The maximum absolute atomic E-state index is 13.1. The van der Waals surface area contributed by atoms with Crippen LogP contribution in [-0.2, 0) is 21.4 Å². The zero-order valence-electron chi connectivity index (χ0n) is 14.1. The van der Waals surface area contributed by atoms with E-state index in [-0.39, 0.29) is 23.9 Å². The molecule has 5 nitrogen and oxygen atoms in total. The number of carbonyl (C=O) groups is 1. The maximum atomic E-state index is 13.1. The average molecular weight is 346 g/mol. The van der Waals surface area contributed by atoms with Gasteiger partial charge < -0.3 is 5.32 Å². The minimum atomic E-state index is -3.79. The molecule has 2 rings (SSSR count). The first kappa shape index (κ1) is 18.2. The van der Waals surface area contributed by atoms with Crippen molar-refractivity contribution in [2.24, 2.45) is 0 Å². The molecule has 2 aromatic carbocycles. The van der Waals surface area contributed by atoms with Crippen molar-refractivity contribution < 1.29 is 13.2 Å². The van der Waals surface area contributed by atoms with Crippen molar-refractivity contribution in [3.63, 3.8) is 0 Å². The molecule has 1 N–H and O–H groups in total. The molecule has 0 aliphatic rings. The number of rotatable bonds is 6. The lowest BCUT2D eigenvalue weighted by Gasteiger charge is -2.23. The maximum Gasteiger partial charge on any atom is 0.244 e. The Morgan fingerprint density at radius 2 is 1.75 bits per heavy atom. The standard InChI is InChI=1S/C18H22N2O3S/c1-14-9-10-15(2)17(11-14)24(22,23)20(13-18(21)19-3)12-16-7-5-4-6-8-16/h4-11H,12-13H2,1-3H3,(H,19,21). The van der Waals surface area contributed by atoms with Gasteiger partial charge in [-0.15, -0.1) is 0 Å². The first-order valence-electron chi connectivity index (χ1n) is 7.66. The summed E-state index contributed by atoms with van der Waals surface area (Å²) in [6, 6.07) is 14.5. The smallest absolute Gasteiger partial charge is 0.244 e. The number of sulfonamides is 1. The van der Waals surface area contributed by atoms with E-state index in [0.717, 1.165) is 11.1 Å². The van der Waals surface area contributed by atoms with Crippen LogP contribution in [0.5, 0.6) is 0 Å². The summed E-state index contributed by atoms with van der Waals surface area (Å²) in [6.07, 6.45) is 0. The van der Waals surface area contributed by atoms with E-state index in [4.69, 9.17) is 0 Å². The highest BCUT2D eigenvalue weighted by atomic mass is 32.2. The van der Waals surface area contributed by atoms with Gasteiger partial charge in [0.2, 0.25) is 15.9 Å². The van der Waals surface area contributed by atoms with Crippen LogP contribution in [0, 0.1) is 13.8 Å². The topological polar surface area (TPSA) is 66.5 Å². The Bertz CT molecular complexity index is 817. The lowest BCUT2D eigenvalue weighted by Crippen LogP contribution is -2.39. The minimum Gasteiger partial charge on any atom is -0.358 e. The number of likely N-dealkylation sites (N-methyl/N-ethyl adjacent to an activating group) is 1. The number of benzene rings is 2. The van der Waals surface area contributed by atoms with Crippen molar-refractivity contribution in [3.05, 3.63) is 65.2 Å². The van der Waals surface area contributed by atoms with E-state index in [1.54, 1.807) is 19.1 Å². The van der Waals surface area contributed by atoms with Crippen LogP contribution in [0.25, 0.3) is 0 Å². The van der Waals surface area contributed by atoms with E-state index in [9.17, 15) is 13.2 Å². The predicted octanol–water partition coefficient (Wildman–Crippen LogP) is 2.24. The molecule has 24 heavy (non-hydrogen) atoms. The Labute approximate surface area is 143 Å². The van der Waals surface area contributed by atoms with Gasteiger partial charge in [0.25, 0.3) is 0 Å². The fourth-order valence-electron chi connectivity index (χ4n) is 2.38. The molecule has 0 fully saturated rings. The summed E-state index contributed by atoms with van der Waals surface area (Å²) in [6.45, 7) is 3.52. The van der Waals surface area contributed by atoms with Crippen LogP contribution in [0.15, 0.2) is 53.4 Å². The van der Waals surface area contributed by atoms with E-state index >= 15 is 0 Å². The van der Waals surface area contributed by atoms with E-state index in [0.29, 0.717) is 5.56 Å². The molecule has 0 unspecified atom stereocenters. The molecular weight excluding hydrogens is 324 g/mol. The van der Waals surface area contributed by atoms with Gasteiger partial charge >= 0.3 is 0 Å². The average Bonchev–Trinajstić information content (AvgIpc) is 2.57. The van der Waals surface area contributed by atoms with Crippen LogP contribution in [-0.4, -0.2) is 32.2 Å². The van der Waals surface area contributed by atoms with Crippen LogP contribution in [0.4, 0.5) is 0 Å². The molecule has 0 aliphatic carbocycles. The number of aryl methyl sites for hydroxylation is 2. The monoisotopic (exact) mass is 346 g/mol. The second-order valence-corrected chi connectivity index (χ2v) is 7.61. The third-order valence-corrected chi connectivity index (χ3v) is 5.70. The molecule has 6 heteroatoms. The van der Waals surface area contributed by atoms with Gasteiger partial charge in [-0.25, -0.2) is 8.42 Å². The second-order valence-electron chi connectivity index (χ2n) is 5.70. The van der Waals surface area contributed by atoms with Gasteiger partial charge in [-0.3, -0.25) is 4.79 Å². The number of nitrogens with one attached hydrogen (secondary N) is 1. The van der Waals surface area contributed by atoms with Crippen molar-refractivity contribution in [3.8, 4) is 0 Å². The molecule has 2 aromatic rings. The summed E-state index contributed by atoms with van der Waals surface area (Å²) in [5, 5.41) is 2.49. The van der Waals surface area contributed by atoms with Crippen LogP contribution in [0.1, 0.15) is 16.7 Å². The quantitative estimate of drug-likeness (QED) is 0.872. The fourth-order valence-corrected chi connectivity index (χ4v) is 4.07. The molecule has 0 bridgehead atoms. The Morgan fingerprint density at radius 3 is 2.38 bits per heavy atom. The lowest BCUT2D eigenvalue weighted by atomic mass is 10.2. The molecule has 0 radical (unpaired) electrons. The third kappa shape index (κ3) is 4.21. The van der Waals surface area contributed by atoms with Gasteiger partial charge in [0.1, 0.15) is 0 Å². The van der Waals surface area contributed by atoms with Gasteiger partial charge in [-0.05, 0) is 36.6 Å². The number of carbonyl (C=O) groups excluding carboxylic acids is 1. The number of amides is 1. The fraction of sp³-hybridized carbons (Fsp3) is 0.278.